The molecule has 0 aliphatic carbocycles. The molecule has 0 aliphatic heterocycles. The van der Waals surface area contributed by atoms with Gasteiger partial charge in [0.25, 0.3) is 0 Å². The first-order valence-electron chi connectivity index (χ1n) is 16.6. The third-order valence-electron chi connectivity index (χ3n) is 9.65. The minimum Gasteiger partial charge on any atom is -0.454 e. The average molecular weight is 644 g/mol. The predicted octanol–water partition coefficient (Wildman–Crippen LogP) is 13.9. The molecule has 0 N–H and O–H groups in total. The van der Waals surface area contributed by atoms with Crippen molar-refractivity contribution < 1.29 is 4.42 Å². The zero-order chi connectivity index (χ0) is 32.3. The molecule has 0 spiro atoms. The van der Waals surface area contributed by atoms with Crippen LogP contribution >= 0.6 is 11.3 Å². The van der Waals surface area contributed by atoms with Gasteiger partial charge >= 0.3 is 0 Å². The first kappa shape index (κ1) is 27.9. The predicted molar refractivity (Wildman–Crippen MR) is 210 cm³/mol. The van der Waals surface area contributed by atoms with E-state index >= 15 is 0 Å². The highest BCUT2D eigenvalue weighted by atomic mass is 32.1. The molecule has 0 fully saturated rings. The molecule has 0 unspecified atom stereocenters. The monoisotopic (exact) mass is 643 g/mol. The van der Waals surface area contributed by atoms with Crippen LogP contribution in [-0.2, 0) is 0 Å². The number of thiophene rings is 1. The summed E-state index contributed by atoms with van der Waals surface area (Å²) in [5, 5.41) is 7.22. The van der Waals surface area contributed by atoms with E-state index < -0.39 is 0 Å². The Bertz CT molecular complexity index is 2840. The van der Waals surface area contributed by atoms with Gasteiger partial charge < -0.3 is 9.32 Å². The van der Waals surface area contributed by atoms with Gasteiger partial charge in [-0.3, -0.25) is 0 Å². The number of benzene rings is 8. The molecule has 0 atom stereocenters. The Labute approximate surface area is 287 Å². The van der Waals surface area contributed by atoms with E-state index in [1.54, 1.807) is 0 Å². The highest BCUT2D eigenvalue weighted by Gasteiger charge is 2.23. The standard InChI is InChI=1S/C46H29NOS/c1-2-12-31(13-3-1)36-25-23-34(33-22-21-30-11-4-5-14-32(30)27-33)28-42(36)47(35-24-26-45-40(29-35)38-16-7-9-20-44(38)49-45)41-18-10-17-39-37-15-6-8-19-43(37)48-46(39)41/h1-29H. The maximum absolute atomic E-state index is 6.72. The smallest absolute Gasteiger partial charge is 0.159 e. The number of fused-ring (bicyclic) bond motifs is 7. The molecular formula is C46H29NOS. The molecule has 3 heteroatoms. The number of hydrogen-bond donors (Lipinski definition) is 0. The molecule has 0 amide bonds. The average Bonchev–Trinajstić information content (AvgIpc) is 3.74. The number of anilines is 3. The second-order valence-electron chi connectivity index (χ2n) is 12.5. The van der Waals surface area contributed by atoms with E-state index in [1.165, 1.54) is 36.5 Å². The number of rotatable bonds is 5. The van der Waals surface area contributed by atoms with Crippen LogP contribution in [0.1, 0.15) is 0 Å². The molecule has 10 aromatic rings. The third-order valence-corrected chi connectivity index (χ3v) is 10.8. The van der Waals surface area contributed by atoms with E-state index in [0.29, 0.717) is 0 Å². The number of nitrogens with zero attached hydrogens (tertiary/aromatic N) is 1. The van der Waals surface area contributed by atoms with Crippen LogP contribution in [0.15, 0.2) is 180 Å². The van der Waals surface area contributed by atoms with Crippen molar-refractivity contribution in [3.63, 3.8) is 0 Å². The van der Waals surface area contributed by atoms with Gasteiger partial charge in [-0.25, -0.2) is 0 Å². The lowest BCUT2D eigenvalue weighted by Gasteiger charge is -2.29. The molecule has 0 saturated carbocycles. The Morgan fingerprint density at radius 2 is 1.12 bits per heavy atom. The number of hydrogen-bond acceptors (Lipinski definition) is 3. The molecule has 2 aromatic heterocycles. The van der Waals surface area contributed by atoms with Crippen LogP contribution in [0.25, 0.3) is 75.1 Å². The quantitative estimate of drug-likeness (QED) is 0.186. The van der Waals surface area contributed by atoms with E-state index in [1.807, 2.05) is 17.4 Å². The summed E-state index contributed by atoms with van der Waals surface area (Å²) in [4.78, 5) is 2.41. The van der Waals surface area contributed by atoms with Gasteiger partial charge in [0.15, 0.2) is 5.58 Å². The molecule has 2 nitrogen and oxygen atoms in total. The summed E-state index contributed by atoms with van der Waals surface area (Å²) < 4.78 is 9.29. The summed E-state index contributed by atoms with van der Waals surface area (Å²) >= 11 is 1.84. The van der Waals surface area contributed by atoms with E-state index in [2.05, 4.69) is 175 Å². The fraction of sp³-hybridized carbons (Fsp3) is 0. The zero-order valence-corrected chi connectivity index (χ0v) is 27.3. The molecule has 0 radical (unpaired) electrons. The van der Waals surface area contributed by atoms with Crippen LogP contribution < -0.4 is 4.90 Å². The number of furan rings is 1. The maximum atomic E-state index is 6.72. The van der Waals surface area contributed by atoms with Gasteiger partial charge in [-0.1, -0.05) is 127 Å². The van der Waals surface area contributed by atoms with Gasteiger partial charge in [-0.2, -0.15) is 0 Å². The lowest BCUT2D eigenvalue weighted by Crippen LogP contribution is -2.12. The fourth-order valence-electron chi connectivity index (χ4n) is 7.30. The van der Waals surface area contributed by atoms with Gasteiger partial charge in [0.2, 0.25) is 0 Å². The van der Waals surface area contributed by atoms with Crippen LogP contribution in [0.5, 0.6) is 0 Å². The van der Waals surface area contributed by atoms with Gasteiger partial charge in [-0.05, 0) is 76.0 Å². The zero-order valence-electron chi connectivity index (χ0n) is 26.5. The van der Waals surface area contributed by atoms with E-state index in [9.17, 15) is 0 Å². The van der Waals surface area contributed by atoms with Crippen LogP contribution in [0.4, 0.5) is 17.1 Å². The van der Waals surface area contributed by atoms with Crippen LogP contribution in [-0.4, -0.2) is 0 Å². The summed E-state index contributed by atoms with van der Waals surface area (Å²) in [7, 11) is 0. The second kappa shape index (κ2) is 11.2. The third kappa shape index (κ3) is 4.62. The van der Waals surface area contributed by atoms with Crippen LogP contribution in [0.2, 0.25) is 0 Å². The molecular weight excluding hydrogens is 615 g/mol. The summed E-state index contributed by atoms with van der Waals surface area (Å²) in [6.45, 7) is 0. The Hall–Kier alpha value is -6.16. The van der Waals surface area contributed by atoms with Crippen molar-refractivity contribution in [1.29, 1.82) is 0 Å². The molecule has 10 rings (SSSR count). The van der Waals surface area contributed by atoms with E-state index in [-0.39, 0.29) is 0 Å². The van der Waals surface area contributed by atoms with Gasteiger partial charge in [-0.15, -0.1) is 11.3 Å². The van der Waals surface area contributed by atoms with Gasteiger partial charge in [0.05, 0.1) is 11.4 Å². The minimum absolute atomic E-state index is 0.870. The highest BCUT2D eigenvalue weighted by molar-refractivity contribution is 7.25. The van der Waals surface area contributed by atoms with Gasteiger partial charge in [0, 0.05) is 42.2 Å². The normalized spacial score (nSPS) is 11.7. The number of para-hydroxylation sites is 2. The van der Waals surface area contributed by atoms with Crippen molar-refractivity contribution in [2.45, 2.75) is 0 Å². The fourth-order valence-corrected chi connectivity index (χ4v) is 8.38. The van der Waals surface area contributed by atoms with Crippen molar-refractivity contribution in [1.82, 2.24) is 0 Å². The van der Waals surface area contributed by atoms with E-state index in [4.69, 9.17) is 4.42 Å². The SMILES string of the molecule is c1ccc(-c2ccc(-c3ccc4ccccc4c3)cc2N(c2ccc3sc4ccccc4c3c2)c2cccc3c2oc2ccccc23)cc1. The van der Waals surface area contributed by atoms with Crippen molar-refractivity contribution in [3.05, 3.63) is 176 Å². The Balaban J connectivity index is 1.29. The Kier molecular flexibility index (Phi) is 6.39. The summed E-state index contributed by atoms with van der Waals surface area (Å²) in [6.07, 6.45) is 0. The molecule has 2 heterocycles. The van der Waals surface area contributed by atoms with Crippen LogP contribution in [0, 0.1) is 0 Å². The first-order chi connectivity index (χ1) is 24.3. The minimum atomic E-state index is 0.870. The van der Waals surface area contributed by atoms with Crippen molar-refractivity contribution in [2.24, 2.45) is 0 Å². The summed E-state index contributed by atoms with van der Waals surface area (Å²) in [5.41, 5.74) is 9.57. The van der Waals surface area contributed by atoms with Crippen molar-refractivity contribution >= 4 is 81.3 Å². The van der Waals surface area contributed by atoms with Crippen LogP contribution in [0.3, 0.4) is 0 Å². The first-order valence-corrected chi connectivity index (χ1v) is 17.4. The topological polar surface area (TPSA) is 16.4 Å². The highest BCUT2D eigenvalue weighted by Crippen LogP contribution is 2.48. The Morgan fingerprint density at radius 3 is 2.04 bits per heavy atom. The lowest BCUT2D eigenvalue weighted by molar-refractivity contribution is 0.669. The van der Waals surface area contributed by atoms with Crippen molar-refractivity contribution in [3.8, 4) is 22.3 Å². The molecule has 0 aliphatic rings. The van der Waals surface area contributed by atoms with Crippen molar-refractivity contribution in [2.75, 3.05) is 4.90 Å². The summed E-state index contributed by atoms with van der Waals surface area (Å²) in [5.74, 6) is 0. The molecule has 230 valence electrons. The second-order valence-corrected chi connectivity index (χ2v) is 13.6. The lowest BCUT2D eigenvalue weighted by atomic mass is 9.95. The summed E-state index contributed by atoms with van der Waals surface area (Å²) in [6, 6.07) is 63.3. The molecule has 8 aromatic carbocycles. The largest absolute Gasteiger partial charge is 0.454 e. The van der Waals surface area contributed by atoms with Gasteiger partial charge in [0.1, 0.15) is 5.58 Å². The molecule has 0 saturated heterocycles. The molecule has 49 heavy (non-hydrogen) atoms. The maximum Gasteiger partial charge on any atom is 0.159 e. The van der Waals surface area contributed by atoms with E-state index in [0.717, 1.165) is 55.7 Å². The molecule has 0 bridgehead atoms. The Morgan fingerprint density at radius 1 is 0.408 bits per heavy atom.